The quantitative estimate of drug-likeness (QED) is 0.575. The summed E-state index contributed by atoms with van der Waals surface area (Å²) < 4.78 is 1.84. The van der Waals surface area contributed by atoms with Gasteiger partial charge in [-0.05, 0) is 13.0 Å². The van der Waals surface area contributed by atoms with E-state index in [0.717, 1.165) is 12.2 Å². The van der Waals surface area contributed by atoms with Gasteiger partial charge in [-0.1, -0.05) is 0 Å². The highest BCUT2D eigenvalue weighted by molar-refractivity contribution is 6.17. The van der Waals surface area contributed by atoms with Gasteiger partial charge in [-0.15, -0.1) is 11.6 Å². The van der Waals surface area contributed by atoms with E-state index in [2.05, 4.69) is 5.10 Å². The molecular formula is C6H9ClN2. The summed E-state index contributed by atoms with van der Waals surface area (Å²) in [4.78, 5) is 0. The van der Waals surface area contributed by atoms with Gasteiger partial charge in [0.15, 0.2) is 0 Å². The van der Waals surface area contributed by atoms with Crippen molar-refractivity contribution < 1.29 is 0 Å². The van der Waals surface area contributed by atoms with Crippen LogP contribution in [0.25, 0.3) is 0 Å². The zero-order valence-corrected chi connectivity index (χ0v) is 6.10. The van der Waals surface area contributed by atoms with E-state index in [1.807, 2.05) is 23.9 Å². The van der Waals surface area contributed by atoms with E-state index in [1.165, 1.54) is 0 Å². The number of aromatic nitrogens is 2. The summed E-state index contributed by atoms with van der Waals surface area (Å²) in [6.45, 7) is 2.76. The Hall–Kier alpha value is -0.500. The van der Waals surface area contributed by atoms with Crippen LogP contribution in [0.15, 0.2) is 12.3 Å². The first-order valence-corrected chi connectivity index (χ1v) is 3.42. The Balaban J connectivity index is 2.61. The van der Waals surface area contributed by atoms with Gasteiger partial charge in [0, 0.05) is 12.1 Å². The molecule has 0 amide bonds. The zero-order valence-electron chi connectivity index (χ0n) is 5.34. The molecule has 1 aromatic heterocycles. The van der Waals surface area contributed by atoms with Crippen LogP contribution in [-0.2, 0) is 6.54 Å². The topological polar surface area (TPSA) is 17.8 Å². The first-order valence-electron chi connectivity index (χ1n) is 2.89. The smallest absolute Gasteiger partial charge is 0.0593 e. The number of alkyl halides is 1. The van der Waals surface area contributed by atoms with E-state index < -0.39 is 0 Å². The maximum Gasteiger partial charge on any atom is 0.0593 e. The van der Waals surface area contributed by atoms with Gasteiger partial charge in [0.2, 0.25) is 0 Å². The molecule has 0 unspecified atom stereocenters. The van der Waals surface area contributed by atoms with E-state index in [4.69, 9.17) is 11.6 Å². The fourth-order valence-corrected chi connectivity index (χ4v) is 0.847. The van der Waals surface area contributed by atoms with Crippen molar-refractivity contribution in [3.63, 3.8) is 0 Å². The van der Waals surface area contributed by atoms with Crippen molar-refractivity contribution in [3.05, 3.63) is 18.0 Å². The third kappa shape index (κ3) is 1.72. The van der Waals surface area contributed by atoms with Crippen LogP contribution in [-0.4, -0.2) is 15.7 Å². The monoisotopic (exact) mass is 144 g/mol. The van der Waals surface area contributed by atoms with Gasteiger partial charge in [0.05, 0.1) is 12.2 Å². The summed E-state index contributed by atoms with van der Waals surface area (Å²) in [6.07, 6.45) is 1.93. The maximum atomic E-state index is 5.48. The molecule has 0 saturated carbocycles. The van der Waals surface area contributed by atoms with Gasteiger partial charge >= 0.3 is 0 Å². The molecule has 3 heteroatoms. The van der Waals surface area contributed by atoms with E-state index in [1.54, 1.807) is 0 Å². The van der Waals surface area contributed by atoms with Crippen LogP contribution in [0.5, 0.6) is 0 Å². The molecule has 1 rings (SSSR count). The molecule has 0 fully saturated rings. The molecule has 2 nitrogen and oxygen atoms in total. The lowest BCUT2D eigenvalue weighted by Crippen LogP contribution is -1.98. The lowest BCUT2D eigenvalue weighted by atomic mass is 10.5. The average Bonchev–Trinajstić information content (AvgIpc) is 2.17. The molecule has 0 spiro atoms. The van der Waals surface area contributed by atoms with Gasteiger partial charge < -0.3 is 0 Å². The van der Waals surface area contributed by atoms with Crippen LogP contribution in [0.4, 0.5) is 0 Å². The molecule has 0 aliphatic carbocycles. The summed E-state index contributed by atoms with van der Waals surface area (Å²) in [5.74, 6) is 0.626. The van der Waals surface area contributed by atoms with Gasteiger partial charge in [0.1, 0.15) is 0 Å². The summed E-state index contributed by atoms with van der Waals surface area (Å²) >= 11 is 5.48. The second kappa shape index (κ2) is 2.87. The van der Waals surface area contributed by atoms with Crippen molar-refractivity contribution in [1.82, 2.24) is 9.78 Å². The molecule has 0 saturated heterocycles. The fraction of sp³-hybridized carbons (Fsp3) is 0.500. The third-order valence-electron chi connectivity index (χ3n) is 1.09. The Morgan fingerprint density at radius 2 is 2.56 bits per heavy atom. The highest BCUT2D eigenvalue weighted by Crippen LogP contribution is 1.92. The maximum absolute atomic E-state index is 5.48. The third-order valence-corrected chi connectivity index (χ3v) is 1.26. The van der Waals surface area contributed by atoms with Crippen molar-refractivity contribution in [2.45, 2.75) is 13.5 Å². The Kier molecular flexibility index (Phi) is 2.11. The van der Waals surface area contributed by atoms with Crippen molar-refractivity contribution in [2.24, 2.45) is 0 Å². The molecule has 0 aliphatic heterocycles. The molecule has 0 aromatic carbocycles. The molecule has 1 heterocycles. The lowest BCUT2D eigenvalue weighted by Gasteiger charge is -1.92. The van der Waals surface area contributed by atoms with E-state index in [9.17, 15) is 0 Å². The number of rotatable bonds is 2. The number of nitrogens with zero attached hydrogens (tertiary/aromatic N) is 2. The number of hydrogen-bond acceptors (Lipinski definition) is 1. The largest absolute Gasteiger partial charge is 0.271 e. The number of aryl methyl sites for hydroxylation is 2. The van der Waals surface area contributed by atoms with E-state index in [0.29, 0.717) is 5.88 Å². The van der Waals surface area contributed by atoms with E-state index in [-0.39, 0.29) is 0 Å². The summed E-state index contributed by atoms with van der Waals surface area (Å²) in [7, 11) is 0. The van der Waals surface area contributed by atoms with Crippen LogP contribution < -0.4 is 0 Å². The second-order valence-electron chi connectivity index (χ2n) is 1.91. The molecule has 0 atom stereocenters. The minimum atomic E-state index is 0.626. The Labute approximate surface area is 59.4 Å². The lowest BCUT2D eigenvalue weighted by molar-refractivity contribution is 0.657. The first kappa shape index (κ1) is 6.62. The van der Waals surface area contributed by atoms with Gasteiger partial charge in [-0.3, -0.25) is 4.68 Å². The molecule has 50 valence electrons. The second-order valence-corrected chi connectivity index (χ2v) is 2.29. The molecule has 9 heavy (non-hydrogen) atoms. The normalized spacial score (nSPS) is 10.0. The Bertz CT molecular complexity index is 183. The highest BCUT2D eigenvalue weighted by Gasteiger charge is 1.89. The Morgan fingerprint density at radius 1 is 1.78 bits per heavy atom. The Morgan fingerprint density at radius 3 is 3.00 bits per heavy atom. The predicted molar refractivity (Wildman–Crippen MR) is 37.7 cm³/mol. The van der Waals surface area contributed by atoms with Crippen LogP contribution in [0.1, 0.15) is 5.69 Å². The zero-order chi connectivity index (χ0) is 6.69. The molecule has 0 N–H and O–H groups in total. The molecule has 0 aliphatic rings. The van der Waals surface area contributed by atoms with Gasteiger partial charge in [-0.2, -0.15) is 5.10 Å². The summed E-state index contributed by atoms with van der Waals surface area (Å²) in [6, 6.07) is 1.96. The van der Waals surface area contributed by atoms with Gasteiger partial charge in [0.25, 0.3) is 0 Å². The molecular weight excluding hydrogens is 136 g/mol. The first-order chi connectivity index (χ1) is 4.33. The van der Waals surface area contributed by atoms with Crippen molar-refractivity contribution in [2.75, 3.05) is 5.88 Å². The van der Waals surface area contributed by atoms with E-state index >= 15 is 0 Å². The fourth-order valence-electron chi connectivity index (χ4n) is 0.674. The van der Waals surface area contributed by atoms with Crippen molar-refractivity contribution in [3.8, 4) is 0 Å². The SMILES string of the molecule is Cc1ccn(CCCl)n1. The molecule has 1 aromatic rings. The van der Waals surface area contributed by atoms with Gasteiger partial charge in [-0.25, -0.2) is 0 Å². The predicted octanol–water partition coefficient (Wildman–Crippen LogP) is 1.43. The summed E-state index contributed by atoms with van der Waals surface area (Å²) in [5, 5.41) is 4.13. The highest BCUT2D eigenvalue weighted by atomic mass is 35.5. The summed E-state index contributed by atoms with van der Waals surface area (Å²) in [5.41, 5.74) is 1.04. The minimum Gasteiger partial charge on any atom is -0.271 e. The standard InChI is InChI=1S/C6H9ClN2/c1-6-2-4-9(8-6)5-3-7/h2,4H,3,5H2,1H3. The van der Waals surface area contributed by atoms with Crippen LogP contribution in [0, 0.1) is 6.92 Å². The molecule has 0 bridgehead atoms. The minimum absolute atomic E-state index is 0.626. The average molecular weight is 145 g/mol. The van der Waals surface area contributed by atoms with Crippen LogP contribution >= 0.6 is 11.6 Å². The van der Waals surface area contributed by atoms with Crippen LogP contribution in [0.3, 0.4) is 0 Å². The number of halogens is 1. The van der Waals surface area contributed by atoms with Crippen molar-refractivity contribution >= 4 is 11.6 Å². The van der Waals surface area contributed by atoms with Crippen LogP contribution in [0.2, 0.25) is 0 Å². The molecule has 0 radical (unpaired) electrons. The number of hydrogen-bond donors (Lipinski definition) is 0. The van der Waals surface area contributed by atoms with Crippen molar-refractivity contribution in [1.29, 1.82) is 0 Å².